The zero-order chi connectivity index (χ0) is 12.3. The van der Waals surface area contributed by atoms with Gasteiger partial charge in [-0.1, -0.05) is 22.0 Å². The first kappa shape index (κ1) is 13.4. The van der Waals surface area contributed by atoms with Crippen LogP contribution in [0.2, 0.25) is 0 Å². The lowest BCUT2D eigenvalue weighted by Gasteiger charge is -2.16. The molecular formula is C13H17Br2NO. The van der Waals surface area contributed by atoms with Gasteiger partial charge >= 0.3 is 0 Å². The SMILES string of the molecule is COc1ccc(CN2CCC(CBr)C2)cc1Br. The van der Waals surface area contributed by atoms with Crippen LogP contribution >= 0.6 is 31.9 Å². The first-order valence-corrected chi connectivity index (χ1v) is 7.75. The van der Waals surface area contributed by atoms with Crippen molar-refractivity contribution in [3.8, 4) is 5.75 Å². The highest BCUT2D eigenvalue weighted by Crippen LogP contribution is 2.27. The molecule has 0 spiro atoms. The summed E-state index contributed by atoms with van der Waals surface area (Å²) in [5.41, 5.74) is 1.34. The molecule has 1 atom stereocenters. The number of hydrogen-bond donors (Lipinski definition) is 0. The average Bonchev–Trinajstić information content (AvgIpc) is 2.77. The fourth-order valence-electron chi connectivity index (χ4n) is 2.25. The van der Waals surface area contributed by atoms with Gasteiger partial charge in [-0.3, -0.25) is 4.90 Å². The standard InChI is InChI=1S/C13H17Br2NO/c1-17-13-3-2-10(6-12(13)15)8-16-5-4-11(7-14)9-16/h2-3,6,11H,4-5,7-9H2,1H3. The second-order valence-electron chi connectivity index (χ2n) is 4.51. The fraction of sp³-hybridized carbons (Fsp3) is 0.538. The summed E-state index contributed by atoms with van der Waals surface area (Å²) in [6, 6.07) is 6.32. The lowest BCUT2D eigenvalue weighted by atomic mass is 10.2. The third-order valence-electron chi connectivity index (χ3n) is 3.21. The molecule has 2 nitrogen and oxygen atoms in total. The van der Waals surface area contributed by atoms with Gasteiger partial charge in [0.2, 0.25) is 0 Å². The zero-order valence-corrected chi connectivity index (χ0v) is 13.1. The summed E-state index contributed by atoms with van der Waals surface area (Å²) in [7, 11) is 1.70. The van der Waals surface area contributed by atoms with Gasteiger partial charge in [0.15, 0.2) is 0 Å². The van der Waals surface area contributed by atoms with Gasteiger partial charge in [0.1, 0.15) is 5.75 Å². The molecule has 17 heavy (non-hydrogen) atoms. The lowest BCUT2D eigenvalue weighted by Crippen LogP contribution is -2.20. The van der Waals surface area contributed by atoms with E-state index in [0.29, 0.717) is 0 Å². The summed E-state index contributed by atoms with van der Waals surface area (Å²) in [6.07, 6.45) is 1.31. The number of hydrogen-bond acceptors (Lipinski definition) is 2. The molecule has 0 aliphatic carbocycles. The highest BCUT2D eigenvalue weighted by molar-refractivity contribution is 9.10. The van der Waals surface area contributed by atoms with Crippen LogP contribution in [-0.2, 0) is 6.54 Å². The summed E-state index contributed by atoms with van der Waals surface area (Å²) in [5.74, 6) is 1.71. The number of likely N-dealkylation sites (tertiary alicyclic amines) is 1. The maximum atomic E-state index is 5.24. The van der Waals surface area contributed by atoms with E-state index in [0.717, 1.165) is 28.0 Å². The third-order valence-corrected chi connectivity index (χ3v) is 4.75. The molecule has 94 valence electrons. The first-order chi connectivity index (χ1) is 8.22. The van der Waals surface area contributed by atoms with Crippen LogP contribution in [-0.4, -0.2) is 30.4 Å². The molecule has 0 saturated carbocycles. The van der Waals surface area contributed by atoms with Crippen LogP contribution in [0.3, 0.4) is 0 Å². The third kappa shape index (κ3) is 3.46. The molecule has 0 amide bonds. The Balaban J connectivity index is 1.97. The van der Waals surface area contributed by atoms with Crippen molar-refractivity contribution >= 4 is 31.9 Å². The Morgan fingerprint density at radius 2 is 2.29 bits per heavy atom. The summed E-state index contributed by atoms with van der Waals surface area (Å²) < 4.78 is 6.27. The number of halogens is 2. The summed E-state index contributed by atoms with van der Waals surface area (Å²) in [6.45, 7) is 3.45. The van der Waals surface area contributed by atoms with E-state index in [1.807, 2.05) is 6.07 Å². The van der Waals surface area contributed by atoms with Gasteiger partial charge in [0.05, 0.1) is 11.6 Å². The Labute approximate surface area is 120 Å². The fourth-order valence-corrected chi connectivity index (χ4v) is 3.37. The molecule has 0 bridgehead atoms. The Bertz CT molecular complexity index is 384. The normalized spacial score (nSPS) is 20.8. The van der Waals surface area contributed by atoms with E-state index in [2.05, 4.69) is 48.9 Å². The molecule has 4 heteroatoms. The van der Waals surface area contributed by atoms with E-state index in [1.165, 1.54) is 25.1 Å². The van der Waals surface area contributed by atoms with E-state index in [-0.39, 0.29) is 0 Å². The van der Waals surface area contributed by atoms with Crippen LogP contribution in [0, 0.1) is 5.92 Å². The Morgan fingerprint density at radius 3 is 2.88 bits per heavy atom. The molecule has 2 rings (SSSR count). The topological polar surface area (TPSA) is 12.5 Å². The maximum absolute atomic E-state index is 5.24. The molecule has 1 fully saturated rings. The molecule has 0 radical (unpaired) electrons. The minimum absolute atomic E-state index is 0.816. The van der Waals surface area contributed by atoms with Crippen molar-refractivity contribution in [2.45, 2.75) is 13.0 Å². The van der Waals surface area contributed by atoms with Crippen molar-refractivity contribution in [3.05, 3.63) is 28.2 Å². The molecule has 1 heterocycles. The molecule has 1 aliphatic rings. The van der Waals surface area contributed by atoms with Crippen LogP contribution in [0.25, 0.3) is 0 Å². The van der Waals surface area contributed by atoms with Gasteiger partial charge in [0, 0.05) is 18.4 Å². The molecule has 1 aromatic rings. The second-order valence-corrected chi connectivity index (χ2v) is 6.01. The highest BCUT2D eigenvalue weighted by atomic mass is 79.9. The molecule has 0 aromatic heterocycles. The van der Waals surface area contributed by atoms with Crippen molar-refractivity contribution in [1.82, 2.24) is 4.90 Å². The molecule has 0 N–H and O–H groups in total. The zero-order valence-electron chi connectivity index (χ0n) is 9.96. The minimum Gasteiger partial charge on any atom is -0.496 e. The van der Waals surface area contributed by atoms with E-state index < -0.39 is 0 Å². The Kier molecular flexibility index (Phi) is 4.88. The number of nitrogens with zero attached hydrogens (tertiary/aromatic N) is 1. The first-order valence-electron chi connectivity index (χ1n) is 5.83. The van der Waals surface area contributed by atoms with E-state index in [1.54, 1.807) is 7.11 Å². The van der Waals surface area contributed by atoms with Gasteiger partial charge in [-0.25, -0.2) is 0 Å². The molecular weight excluding hydrogens is 346 g/mol. The quantitative estimate of drug-likeness (QED) is 0.757. The van der Waals surface area contributed by atoms with E-state index >= 15 is 0 Å². The minimum atomic E-state index is 0.816. The van der Waals surface area contributed by atoms with E-state index in [9.17, 15) is 0 Å². The summed E-state index contributed by atoms with van der Waals surface area (Å²) >= 11 is 7.10. The van der Waals surface area contributed by atoms with Crippen molar-refractivity contribution in [1.29, 1.82) is 0 Å². The van der Waals surface area contributed by atoms with Crippen molar-refractivity contribution in [3.63, 3.8) is 0 Å². The van der Waals surface area contributed by atoms with Gasteiger partial charge in [0.25, 0.3) is 0 Å². The van der Waals surface area contributed by atoms with Gasteiger partial charge < -0.3 is 4.74 Å². The Morgan fingerprint density at radius 1 is 1.47 bits per heavy atom. The summed E-state index contributed by atoms with van der Waals surface area (Å²) in [5, 5.41) is 1.12. The lowest BCUT2D eigenvalue weighted by molar-refractivity contribution is 0.321. The number of methoxy groups -OCH3 is 1. The van der Waals surface area contributed by atoms with Crippen LogP contribution < -0.4 is 4.74 Å². The van der Waals surface area contributed by atoms with Crippen LogP contribution in [0.4, 0.5) is 0 Å². The van der Waals surface area contributed by atoms with Crippen molar-refractivity contribution in [2.24, 2.45) is 5.92 Å². The smallest absolute Gasteiger partial charge is 0.133 e. The van der Waals surface area contributed by atoms with Crippen LogP contribution in [0.1, 0.15) is 12.0 Å². The van der Waals surface area contributed by atoms with Crippen LogP contribution in [0.5, 0.6) is 5.75 Å². The van der Waals surface area contributed by atoms with E-state index in [4.69, 9.17) is 4.74 Å². The second kappa shape index (κ2) is 6.21. The molecule has 1 unspecified atom stereocenters. The number of benzene rings is 1. The number of alkyl halides is 1. The molecule has 1 aliphatic heterocycles. The van der Waals surface area contributed by atoms with Gasteiger partial charge in [-0.15, -0.1) is 0 Å². The largest absolute Gasteiger partial charge is 0.496 e. The molecule has 1 aromatic carbocycles. The monoisotopic (exact) mass is 361 g/mol. The van der Waals surface area contributed by atoms with Gasteiger partial charge in [-0.2, -0.15) is 0 Å². The molecule has 1 saturated heterocycles. The maximum Gasteiger partial charge on any atom is 0.133 e. The van der Waals surface area contributed by atoms with Gasteiger partial charge in [-0.05, 0) is 52.5 Å². The van der Waals surface area contributed by atoms with Crippen molar-refractivity contribution in [2.75, 3.05) is 25.5 Å². The predicted molar refractivity (Wildman–Crippen MR) is 77.9 cm³/mol. The predicted octanol–water partition coefficient (Wildman–Crippen LogP) is 3.67. The average molecular weight is 363 g/mol. The van der Waals surface area contributed by atoms with Crippen LogP contribution in [0.15, 0.2) is 22.7 Å². The number of rotatable bonds is 4. The Hall–Kier alpha value is -0.0600. The van der Waals surface area contributed by atoms with Crippen molar-refractivity contribution < 1.29 is 4.74 Å². The highest BCUT2D eigenvalue weighted by Gasteiger charge is 2.21. The summed E-state index contributed by atoms with van der Waals surface area (Å²) in [4.78, 5) is 2.51. The number of ether oxygens (including phenoxy) is 1.